The van der Waals surface area contributed by atoms with E-state index in [0.717, 1.165) is 27.6 Å². The number of carbonyl (C=O) groups excluding carboxylic acids is 1. The van der Waals surface area contributed by atoms with Gasteiger partial charge in [-0.2, -0.15) is 0 Å². The second kappa shape index (κ2) is 11.1. The lowest BCUT2D eigenvalue weighted by molar-refractivity contribution is 0.0261. The molecule has 2 atom stereocenters. The molecule has 1 aliphatic heterocycles. The number of carbonyl (C=O) groups is 1. The summed E-state index contributed by atoms with van der Waals surface area (Å²) in [5.41, 5.74) is 3.85. The van der Waals surface area contributed by atoms with Crippen LogP contribution in [0.5, 0.6) is 0 Å². The van der Waals surface area contributed by atoms with Gasteiger partial charge in [0.25, 0.3) is 5.91 Å². The van der Waals surface area contributed by atoms with E-state index in [1.165, 1.54) is 11.3 Å². The molecule has 1 fully saturated rings. The molecule has 9 nitrogen and oxygen atoms in total. The number of imidazole rings is 1. The topological polar surface area (TPSA) is 84.5 Å². The minimum absolute atomic E-state index is 0.0689. The molecule has 6 rings (SSSR count). The van der Waals surface area contributed by atoms with Crippen LogP contribution in [0, 0.1) is 0 Å². The number of fused-ring (bicyclic) bond motifs is 1. The molecule has 0 radical (unpaired) electrons. The van der Waals surface area contributed by atoms with Gasteiger partial charge in [-0.15, -0.1) is 16.4 Å². The molecule has 0 unspecified atom stereocenters. The van der Waals surface area contributed by atoms with Crippen molar-refractivity contribution in [2.24, 2.45) is 0 Å². The molecule has 1 amide bonds. The summed E-state index contributed by atoms with van der Waals surface area (Å²) < 4.78 is 3.70. The summed E-state index contributed by atoms with van der Waals surface area (Å²) in [6.45, 7) is 6.61. The van der Waals surface area contributed by atoms with E-state index in [0.29, 0.717) is 46.9 Å². The molecular formula is C27H25Cl3N8OS. The first-order valence-electron chi connectivity index (χ1n) is 12.7. The summed E-state index contributed by atoms with van der Waals surface area (Å²) in [4.78, 5) is 26.8. The highest BCUT2D eigenvalue weighted by Crippen LogP contribution is 2.31. The summed E-state index contributed by atoms with van der Waals surface area (Å²) >= 11 is 19.7. The molecule has 4 aromatic heterocycles. The van der Waals surface area contributed by atoms with Crippen LogP contribution in [0.15, 0.2) is 54.3 Å². The number of piperazine rings is 1. The third-order valence-electron chi connectivity index (χ3n) is 7.00. The average molecular weight is 616 g/mol. The van der Waals surface area contributed by atoms with Crippen LogP contribution in [0.1, 0.15) is 35.7 Å². The lowest BCUT2D eigenvalue weighted by Gasteiger charge is -2.44. The fourth-order valence-corrected chi connectivity index (χ4v) is 6.32. The van der Waals surface area contributed by atoms with E-state index in [1.54, 1.807) is 22.2 Å². The minimum Gasteiger partial charge on any atom is -0.334 e. The molecule has 0 saturated carbocycles. The van der Waals surface area contributed by atoms with Crippen molar-refractivity contribution in [1.82, 2.24) is 39.2 Å². The molecule has 1 aromatic carbocycles. The van der Waals surface area contributed by atoms with E-state index in [-0.39, 0.29) is 18.0 Å². The van der Waals surface area contributed by atoms with Crippen molar-refractivity contribution in [1.29, 1.82) is 0 Å². The highest BCUT2D eigenvalue weighted by molar-refractivity contribution is 7.13. The summed E-state index contributed by atoms with van der Waals surface area (Å²) in [6.07, 6.45) is 5.73. The number of hydrogen-bond donors (Lipinski definition) is 0. The normalized spacial score (nSPS) is 18.1. The molecular weight excluding hydrogens is 591 g/mol. The maximum absolute atomic E-state index is 13.3. The number of thiazole rings is 1. The van der Waals surface area contributed by atoms with Gasteiger partial charge in [-0.05, 0) is 38.1 Å². The maximum Gasteiger partial charge on any atom is 0.273 e. The number of benzene rings is 1. The minimum atomic E-state index is -0.0689. The van der Waals surface area contributed by atoms with E-state index >= 15 is 0 Å². The maximum atomic E-state index is 13.3. The van der Waals surface area contributed by atoms with E-state index < -0.39 is 0 Å². The molecule has 206 valence electrons. The molecule has 5 heterocycles. The Bertz CT molecular complexity index is 1690. The summed E-state index contributed by atoms with van der Waals surface area (Å²) in [6, 6.07) is 9.33. The number of hydrogen-bond acceptors (Lipinski definition) is 7. The quantitative estimate of drug-likeness (QED) is 0.240. The lowest BCUT2D eigenvalue weighted by Crippen LogP contribution is -2.57. The van der Waals surface area contributed by atoms with Crippen molar-refractivity contribution in [2.45, 2.75) is 39.0 Å². The van der Waals surface area contributed by atoms with Gasteiger partial charge in [0.2, 0.25) is 0 Å². The van der Waals surface area contributed by atoms with Crippen molar-refractivity contribution in [3.63, 3.8) is 0 Å². The third-order valence-corrected chi connectivity index (χ3v) is 8.85. The Morgan fingerprint density at radius 2 is 1.75 bits per heavy atom. The largest absolute Gasteiger partial charge is 0.334 e. The van der Waals surface area contributed by atoms with Gasteiger partial charge in [-0.25, -0.2) is 14.6 Å². The molecule has 13 heteroatoms. The monoisotopic (exact) mass is 614 g/mol. The van der Waals surface area contributed by atoms with E-state index in [2.05, 4.69) is 39.0 Å². The first kappa shape index (κ1) is 27.2. The molecule has 1 saturated heterocycles. The Kier molecular flexibility index (Phi) is 7.54. The van der Waals surface area contributed by atoms with Crippen LogP contribution in [0.3, 0.4) is 0 Å². The van der Waals surface area contributed by atoms with Crippen molar-refractivity contribution in [3.8, 4) is 10.6 Å². The van der Waals surface area contributed by atoms with Gasteiger partial charge in [-0.3, -0.25) is 9.69 Å². The predicted molar refractivity (Wildman–Crippen MR) is 157 cm³/mol. The van der Waals surface area contributed by atoms with E-state index in [4.69, 9.17) is 34.8 Å². The van der Waals surface area contributed by atoms with Gasteiger partial charge >= 0.3 is 0 Å². The van der Waals surface area contributed by atoms with Crippen molar-refractivity contribution < 1.29 is 4.79 Å². The van der Waals surface area contributed by atoms with E-state index in [9.17, 15) is 4.79 Å². The number of pyridine rings is 1. The predicted octanol–water partition coefficient (Wildman–Crippen LogP) is 5.79. The number of amides is 1. The second-order valence-corrected chi connectivity index (χ2v) is 12.1. The summed E-state index contributed by atoms with van der Waals surface area (Å²) in [5.74, 6) is -0.0689. The van der Waals surface area contributed by atoms with Crippen LogP contribution in [0.2, 0.25) is 15.1 Å². The molecule has 0 spiro atoms. The number of rotatable bonds is 6. The Morgan fingerprint density at radius 3 is 2.52 bits per heavy atom. The van der Waals surface area contributed by atoms with Gasteiger partial charge in [-0.1, -0.05) is 46.1 Å². The molecule has 1 aliphatic rings. The standard InChI is InChI=1S/C27H25Cl3N8OS/c1-16-8-36(27(39)24-15-40-26(32-24)18-3-5-22(29)23(30)7-18)9-17(2)38(16)14-21-13-37(34-33-21)12-20-11-35-10-19(28)4-6-25(35)31-20/h3-7,10-11,13,15-17H,8-9,12,14H2,1-2H3/t16-,17+. The van der Waals surface area contributed by atoms with Crippen LogP contribution in [-0.2, 0) is 13.1 Å². The zero-order valence-electron chi connectivity index (χ0n) is 21.7. The van der Waals surface area contributed by atoms with Crippen LogP contribution < -0.4 is 0 Å². The Hall–Kier alpha value is -3.02. The Balaban J connectivity index is 1.09. The average Bonchev–Trinajstić information content (AvgIpc) is 3.67. The van der Waals surface area contributed by atoms with Gasteiger partial charge in [0.05, 0.1) is 39.2 Å². The Labute approximate surface area is 249 Å². The van der Waals surface area contributed by atoms with Crippen molar-refractivity contribution >= 4 is 57.7 Å². The van der Waals surface area contributed by atoms with Crippen LogP contribution >= 0.6 is 46.1 Å². The Morgan fingerprint density at radius 1 is 0.950 bits per heavy atom. The van der Waals surface area contributed by atoms with E-state index in [1.807, 2.05) is 46.1 Å². The summed E-state index contributed by atoms with van der Waals surface area (Å²) in [7, 11) is 0. The zero-order valence-corrected chi connectivity index (χ0v) is 24.8. The first-order chi connectivity index (χ1) is 19.2. The smallest absolute Gasteiger partial charge is 0.273 e. The van der Waals surface area contributed by atoms with Crippen molar-refractivity contribution in [3.05, 3.63) is 86.5 Å². The molecule has 0 N–H and O–H groups in total. The highest BCUT2D eigenvalue weighted by Gasteiger charge is 2.33. The molecule has 5 aromatic rings. The SMILES string of the molecule is C[C@@H]1CN(C(=O)c2csc(-c3ccc(Cl)c(Cl)c3)n2)C[C@H](C)N1Cc1cn(Cc2cn3cc(Cl)ccc3n2)nn1. The fraction of sp³-hybridized carbons (Fsp3) is 0.296. The molecule has 40 heavy (non-hydrogen) atoms. The number of nitrogens with zero attached hydrogens (tertiary/aromatic N) is 8. The van der Waals surface area contributed by atoms with Gasteiger partial charge in [0.1, 0.15) is 16.3 Å². The summed E-state index contributed by atoms with van der Waals surface area (Å²) in [5, 5.41) is 12.8. The lowest BCUT2D eigenvalue weighted by atomic mass is 10.1. The van der Waals surface area contributed by atoms with Crippen LogP contribution in [-0.4, -0.2) is 70.2 Å². The number of aromatic nitrogens is 6. The van der Waals surface area contributed by atoms with Crippen LogP contribution in [0.25, 0.3) is 16.2 Å². The number of halogens is 3. The molecule has 0 aliphatic carbocycles. The van der Waals surface area contributed by atoms with Crippen LogP contribution in [0.4, 0.5) is 0 Å². The zero-order chi connectivity index (χ0) is 28.0. The fourth-order valence-electron chi connectivity index (χ4n) is 5.06. The highest BCUT2D eigenvalue weighted by atomic mass is 35.5. The second-order valence-electron chi connectivity index (χ2n) is 10.00. The van der Waals surface area contributed by atoms with Gasteiger partial charge in [0, 0.05) is 55.1 Å². The van der Waals surface area contributed by atoms with Gasteiger partial charge in [0.15, 0.2) is 0 Å². The van der Waals surface area contributed by atoms with Gasteiger partial charge < -0.3 is 9.30 Å². The first-order valence-corrected chi connectivity index (χ1v) is 14.7. The van der Waals surface area contributed by atoms with Crippen molar-refractivity contribution in [2.75, 3.05) is 13.1 Å². The third kappa shape index (κ3) is 5.59. The molecule has 0 bridgehead atoms.